The number of nitrogens with zero attached hydrogens (tertiary/aromatic N) is 3. The lowest BCUT2D eigenvalue weighted by Gasteiger charge is -2.34. The number of carbonyl (C=O) groups excluding carboxylic acids is 2. The molecule has 0 unspecified atom stereocenters. The summed E-state index contributed by atoms with van der Waals surface area (Å²) in [5.41, 5.74) is 2.89. The smallest absolute Gasteiger partial charge is 0.254 e. The van der Waals surface area contributed by atoms with Crippen LogP contribution in [0.2, 0.25) is 0 Å². The molecular formula is C18H18N4O3. The number of amides is 2. The predicted molar refractivity (Wildman–Crippen MR) is 91.0 cm³/mol. The number of fused-ring (bicyclic) bond motifs is 1. The van der Waals surface area contributed by atoms with Gasteiger partial charge in [-0.3, -0.25) is 9.59 Å². The number of benzene rings is 1. The van der Waals surface area contributed by atoms with Crippen molar-refractivity contribution in [3.63, 3.8) is 0 Å². The Balaban J connectivity index is 1.37. The van der Waals surface area contributed by atoms with Crippen LogP contribution in [-0.4, -0.2) is 57.8 Å². The maximum Gasteiger partial charge on any atom is 0.254 e. The van der Waals surface area contributed by atoms with E-state index in [1.807, 2.05) is 23.4 Å². The zero-order chi connectivity index (χ0) is 17.2. The van der Waals surface area contributed by atoms with Gasteiger partial charge in [0.05, 0.1) is 6.42 Å². The van der Waals surface area contributed by atoms with Gasteiger partial charge in [0.15, 0.2) is 12.0 Å². The third kappa shape index (κ3) is 3.13. The molecular weight excluding hydrogens is 320 g/mol. The highest BCUT2D eigenvalue weighted by Crippen LogP contribution is 2.17. The van der Waals surface area contributed by atoms with Gasteiger partial charge in [0.1, 0.15) is 5.52 Å². The van der Waals surface area contributed by atoms with Crippen molar-refractivity contribution in [3.05, 3.63) is 54.2 Å². The average Bonchev–Trinajstić information content (AvgIpc) is 3.32. The highest BCUT2D eigenvalue weighted by Gasteiger charge is 2.25. The van der Waals surface area contributed by atoms with Gasteiger partial charge in [-0.25, -0.2) is 4.98 Å². The summed E-state index contributed by atoms with van der Waals surface area (Å²) in [6.07, 6.45) is 5.40. The monoisotopic (exact) mass is 338 g/mol. The summed E-state index contributed by atoms with van der Waals surface area (Å²) < 4.78 is 5.26. The van der Waals surface area contributed by atoms with Crippen LogP contribution < -0.4 is 0 Å². The Morgan fingerprint density at radius 3 is 2.68 bits per heavy atom. The molecule has 0 bridgehead atoms. The molecule has 3 heterocycles. The second-order valence-electron chi connectivity index (χ2n) is 6.10. The second-order valence-corrected chi connectivity index (χ2v) is 6.10. The molecule has 1 N–H and O–H groups in total. The number of H-pyrrole nitrogens is 1. The SMILES string of the molecule is O=C(Cc1cc[nH]c1)N1CCN(C(=O)c2ccc3ncoc3c2)CC1. The number of hydrogen-bond donors (Lipinski definition) is 1. The van der Waals surface area contributed by atoms with Gasteiger partial charge in [-0.1, -0.05) is 0 Å². The molecule has 1 aliphatic rings. The van der Waals surface area contributed by atoms with E-state index in [0.29, 0.717) is 43.7 Å². The van der Waals surface area contributed by atoms with E-state index in [9.17, 15) is 9.59 Å². The molecule has 128 valence electrons. The van der Waals surface area contributed by atoms with Gasteiger partial charge in [0.25, 0.3) is 5.91 Å². The van der Waals surface area contributed by atoms with Crippen LogP contribution in [0.25, 0.3) is 11.1 Å². The first-order chi connectivity index (χ1) is 12.2. The topological polar surface area (TPSA) is 82.4 Å². The van der Waals surface area contributed by atoms with Crippen LogP contribution >= 0.6 is 0 Å². The van der Waals surface area contributed by atoms with Crippen LogP contribution in [0.5, 0.6) is 0 Å². The van der Waals surface area contributed by atoms with Crippen LogP contribution in [0.4, 0.5) is 0 Å². The summed E-state index contributed by atoms with van der Waals surface area (Å²) in [4.78, 5) is 35.6. The molecule has 2 aromatic heterocycles. The van der Waals surface area contributed by atoms with Crippen molar-refractivity contribution in [2.45, 2.75) is 6.42 Å². The van der Waals surface area contributed by atoms with E-state index in [1.54, 1.807) is 23.1 Å². The molecule has 7 nitrogen and oxygen atoms in total. The fourth-order valence-corrected chi connectivity index (χ4v) is 3.08. The number of aromatic amines is 1. The molecule has 25 heavy (non-hydrogen) atoms. The van der Waals surface area contributed by atoms with Gasteiger partial charge < -0.3 is 19.2 Å². The standard InChI is InChI=1S/C18H18N4O3/c23-17(9-13-3-4-19-11-13)21-5-7-22(8-6-21)18(24)14-1-2-15-16(10-14)25-12-20-15/h1-4,10-12,19H,5-9H2. The summed E-state index contributed by atoms with van der Waals surface area (Å²) >= 11 is 0. The summed E-state index contributed by atoms with van der Waals surface area (Å²) in [5.74, 6) is 0.0470. The van der Waals surface area contributed by atoms with E-state index in [-0.39, 0.29) is 11.8 Å². The first-order valence-corrected chi connectivity index (χ1v) is 8.23. The molecule has 1 saturated heterocycles. The summed E-state index contributed by atoms with van der Waals surface area (Å²) in [5, 5.41) is 0. The Kier molecular flexibility index (Phi) is 3.97. The van der Waals surface area contributed by atoms with Crippen molar-refractivity contribution in [2.24, 2.45) is 0 Å². The van der Waals surface area contributed by atoms with Gasteiger partial charge >= 0.3 is 0 Å². The van der Waals surface area contributed by atoms with Gasteiger partial charge in [0.2, 0.25) is 5.91 Å². The van der Waals surface area contributed by atoms with Gasteiger partial charge in [-0.2, -0.15) is 0 Å². The average molecular weight is 338 g/mol. The Morgan fingerprint density at radius 1 is 1.12 bits per heavy atom. The highest BCUT2D eigenvalue weighted by atomic mass is 16.3. The Bertz CT molecular complexity index is 892. The van der Waals surface area contributed by atoms with Crippen molar-refractivity contribution in [1.82, 2.24) is 19.8 Å². The number of piperazine rings is 1. The molecule has 0 aliphatic carbocycles. The number of hydrogen-bond acceptors (Lipinski definition) is 4. The second kappa shape index (κ2) is 6.43. The minimum Gasteiger partial charge on any atom is -0.443 e. The maximum atomic E-state index is 12.7. The molecule has 4 rings (SSSR count). The third-order valence-corrected chi connectivity index (χ3v) is 4.52. The zero-order valence-corrected chi connectivity index (χ0v) is 13.6. The normalized spacial score (nSPS) is 14.9. The molecule has 1 aromatic carbocycles. The number of nitrogens with one attached hydrogen (secondary N) is 1. The van der Waals surface area contributed by atoms with E-state index in [0.717, 1.165) is 11.1 Å². The Hall–Kier alpha value is -3.09. The van der Waals surface area contributed by atoms with Crippen molar-refractivity contribution in [3.8, 4) is 0 Å². The van der Waals surface area contributed by atoms with Gasteiger partial charge in [0, 0.05) is 44.1 Å². The van der Waals surface area contributed by atoms with Gasteiger partial charge in [-0.05, 0) is 29.8 Å². The molecule has 1 aliphatic heterocycles. The first-order valence-electron chi connectivity index (χ1n) is 8.23. The Labute approximate surface area is 144 Å². The molecule has 0 spiro atoms. The van der Waals surface area contributed by atoms with Crippen molar-refractivity contribution < 1.29 is 14.0 Å². The Morgan fingerprint density at radius 2 is 1.92 bits per heavy atom. The minimum atomic E-state index is -0.0453. The lowest BCUT2D eigenvalue weighted by atomic mass is 10.1. The largest absolute Gasteiger partial charge is 0.443 e. The lowest BCUT2D eigenvalue weighted by Crippen LogP contribution is -2.51. The summed E-state index contributed by atoms with van der Waals surface area (Å²) in [6.45, 7) is 2.18. The minimum absolute atomic E-state index is 0.0453. The van der Waals surface area contributed by atoms with Crippen molar-refractivity contribution in [1.29, 1.82) is 0 Å². The third-order valence-electron chi connectivity index (χ3n) is 4.52. The molecule has 0 radical (unpaired) electrons. The maximum absolute atomic E-state index is 12.7. The quantitative estimate of drug-likeness (QED) is 0.788. The zero-order valence-electron chi connectivity index (χ0n) is 13.6. The number of aromatic nitrogens is 2. The van der Waals surface area contributed by atoms with Crippen LogP contribution in [0.1, 0.15) is 15.9 Å². The molecule has 1 fully saturated rings. The van der Waals surface area contributed by atoms with Gasteiger partial charge in [-0.15, -0.1) is 0 Å². The van der Waals surface area contributed by atoms with Crippen LogP contribution in [-0.2, 0) is 11.2 Å². The molecule has 2 amide bonds. The molecule has 0 saturated carbocycles. The van der Waals surface area contributed by atoms with Crippen LogP contribution in [0.15, 0.2) is 47.5 Å². The fourth-order valence-electron chi connectivity index (χ4n) is 3.08. The first kappa shape index (κ1) is 15.4. The molecule has 7 heteroatoms. The van der Waals surface area contributed by atoms with E-state index >= 15 is 0 Å². The van der Waals surface area contributed by atoms with Crippen molar-refractivity contribution >= 4 is 22.9 Å². The molecule has 3 aromatic rings. The lowest BCUT2D eigenvalue weighted by molar-refractivity contribution is -0.131. The van der Waals surface area contributed by atoms with Crippen LogP contribution in [0.3, 0.4) is 0 Å². The summed E-state index contributed by atoms with van der Waals surface area (Å²) in [7, 11) is 0. The number of rotatable bonds is 3. The van der Waals surface area contributed by atoms with E-state index < -0.39 is 0 Å². The van der Waals surface area contributed by atoms with E-state index in [4.69, 9.17) is 4.42 Å². The molecule has 0 atom stereocenters. The van der Waals surface area contributed by atoms with E-state index in [2.05, 4.69) is 9.97 Å². The fraction of sp³-hybridized carbons (Fsp3) is 0.278. The number of carbonyl (C=O) groups is 2. The van der Waals surface area contributed by atoms with Crippen LogP contribution in [0, 0.1) is 0 Å². The number of oxazole rings is 1. The summed E-state index contributed by atoms with van der Waals surface area (Å²) in [6, 6.07) is 7.16. The van der Waals surface area contributed by atoms with Crippen molar-refractivity contribution in [2.75, 3.05) is 26.2 Å². The highest BCUT2D eigenvalue weighted by molar-refractivity contribution is 5.97. The predicted octanol–water partition coefficient (Wildman–Crippen LogP) is 1.68. The van der Waals surface area contributed by atoms with E-state index in [1.165, 1.54) is 6.39 Å².